The van der Waals surface area contributed by atoms with Crippen LogP contribution in [0.15, 0.2) is 42.7 Å². The molecule has 3 aromatic heterocycles. The summed E-state index contributed by atoms with van der Waals surface area (Å²) in [4.78, 5) is 1.73. The molecule has 0 amide bonds. The van der Waals surface area contributed by atoms with Crippen LogP contribution in [-0.2, 0) is 13.1 Å². The van der Waals surface area contributed by atoms with E-state index in [2.05, 4.69) is 17.4 Å². The molecule has 4 aromatic rings. The molecular weight excluding hydrogens is 462 g/mol. The van der Waals surface area contributed by atoms with Gasteiger partial charge in [-0.1, -0.05) is 43.6 Å². The maximum Gasteiger partial charge on any atom is 0.179 e. The highest BCUT2D eigenvalue weighted by molar-refractivity contribution is 6.34. The van der Waals surface area contributed by atoms with Gasteiger partial charge in [0.15, 0.2) is 6.19 Å². The van der Waals surface area contributed by atoms with Crippen molar-refractivity contribution in [1.82, 2.24) is 24.3 Å². The maximum atomic E-state index is 9.48. The van der Waals surface area contributed by atoms with Crippen LogP contribution in [0.3, 0.4) is 0 Å². The quantitative estimate of drug-likeness (QED) is 0.353. The van der Waals surface area contributed by atoms with Crippen LogP contribution in [0.25, 0.3) is 16.8 Å². The molecule has 0 aliphatic carbocycles. The first-order chi connectivity index (χ1) is 17.0. The predicted molar refractivity (Wildman–Crippen MR) is 134 cm³/mol. The number of ether oxygens (including phenoxy) is 1. The van der Waals surface area contributed by atoms with Crippen LogP contribution >= 0.6 is 11.6 Å². The molecule has 1 unspecified atom stereocenters. The number of nitrogens with zero attached hydrogens (tertiary/aromatic N) is 7. The smallest absolute Gasteiger partial charge is 0.179 e. The van der Waals surface area contributed by atoms with Crippen molar-refractivity contribution in [1.29, 1.82) is 10.5 Å². The Bertz CT molecular complexity index is 1460. The van der Waals surface area contributed by atoms with Crippen LogP contribution < -0.4 is 4.74 Å². The summed E-state index contributed by atoms with van der Waals surface area (Å²) in [6, 6.07) is 11.5. The highest BCUT2D eigenvalue weighted by Crippen LogP contribution is 2.36. The SMILES string of the molecule is CC.Cc1c(-c2cc(OC(C)c3ccccc3C#N)c3c(Cl)cnn3c2)nn2c1CN(C#N)CC2. The second kappa shape index (κ2) is 10.1. The van der Waals surface area contributed by atoms with Gasteiger partial charge in [0.2, 0.25) is 0 Å². The van der Waals surface area contributed by atoms with Gasteiger partial charge >= 0.3 is 0 Å². The normalized spacial score (nSPS) is 13.3. The molecule has 9 heteroatoms. The number of fused-ring (bicyclic) bond motifs is 2. The lowest BCUT2D eigenvalue weighted by Gasteiger charge is -2.22. The molecule has 0 saturated heterocycles. The maximum absolute atomic E-state index is 9.48. The summed E-state index contributed by atoms with van der Waals surface area (Å²) in [5.74, 6) is 0.555. The van der Waals surface area contributed by atoms with Crippen LogP contribution in [0.5, 0.6) is 5.75 Å². The summed E-state index contributed by atoms with van der Waals surface area (Å²) in [5.41, 5.74) is 5.70. The van der Waals surface area contributed by atoms with E-state index in [1.54, 1.807) is 21.7 Å². The average Bonchev–Trinajstić information content (AvgIpc) is 3.44. The number of pyridine rings is 1. The van der Waals surface area contributed by atoms with Gasteiger partial charge in [-0.25, -0.2) is 4.52 Å². The van der Waals surface area contributed by atoms with E-state index in [1.165, 1.54) is 0 Å². The van der Waals surface area contributed by atoms with Gasteiger partial charge in [-0.2, -0.15) is 20.7 Å². The Kier molecular flexibility index (Phi) is 6.95. The first-order valence-corrected chi connectivity index (χ1v) is 11.9. The van der Waals surface area contributed by atoms with E-state index in [1.807, 2.05) is 62.8 Å². The van der Waals surface area contributed by atoms with Crippen molar-refractivity contribution in [2.24, 2.45) is 0 Å². The minimum absolute atomic E-state index is 0.383. The largest absolute Gasteiger partial charge is 0.484 e. The zero-order valence-corrected chi connectivity index (χ0v) is 20.9. The minimum Gasteiger partial charge on any atom is -0.484 e. The van der Waals surface area contributed by atoms with Gasteiger partial charge in [-0.3, -0.25) is 4.68 Å². The summed E-state index contributed by atoms with van der Waals surface area (Å²) in [6.45, 7) is 9.76. The lowest BCUT2D eigenvalue weighted by atomic mass is 10.0. The van der Waals surface area contributed by atoms with Crippen molar-refractivity contribution in [3.8, 4) is 29.3 Å². The monoisotopic (exact) mass is 487 g/mol. The molecule has 1 aromatic carbocycles. The van der Waals surface area contributed by atoms with Crippen LogP contribution in [0.1, 0.15) is 49.3 Å². The second-order valence-corrected chi connectivity index (χ2v) is 8.41. The lowest BCUT2D eigenvalue weighted by Crippen LogP contribution is -2.30. The van der Waals surface area contributed by atoms with Crippen molar-refractivity contribution in [2.75, 3.05) is 6.54 Å². The zero-order chi connectivity index (χ0) is 25.1. The molecule has 35 heavy (non-hydrogen) atoms. The average molecular weight is 488 g/mol. The van der Waals surface area contributed by atoms with Gasteiger partial charge in [0.05, 0.1) is 47.3 Å². The standard InChI is InChI=1S/C24H20ClN7O.C2H6/c1-15-21-13-30(14-27)7-8-31(21)29-23(15)18-9-22(24-20(25)11-28-32(24)12-18)33-16(2)19-6-4-3-5-17(19)10-26;1-2/h3-6,9,11-12,16H,7-8,13H2,1-2H3;1-2H3. The fourth-order valence-corrected chi connectivity index (χ4v) is 4.50. The molecule has 1 atom stereocenters. The first-order valence-electron chi connectivity index (χ1n) is 11.5. The zero-order valence-electron chi connectivity index (χ0n) is 20.2. The van der Waals surface area contributed by atoms with Gasteiger partial charge in [0, 0.05) is 29.4 Å². The molecule has 0 spiro atoms. The molecule has 1 aliphatic heterocycles. The summed E-state index contributed by atoms with van der Waals surface area (Å²) in [7, 11) is 0. The molecule has 5 rings (SSSR count). The Morgan fingerprint density at radius 3 is 2.69 bits per heavy atom. The third kappa shape index (κ3) is 4.41. The molecule has 0 radical (unpaired) electrons. The minimum atomic E-state index is -0.383. The van der Waals surface area contributed by atoms with Crippen LogP contribution in [-0.4, -0.2) is 30.8 Å². The summed E-state index contributed by atoms with van der Waals surface area (Å²) >= 11 is 6.44. The van der Waals surface area contributed by atoms with Crippen molar-refractivity contribution in [2.45, 2.75) is 46.9 Å². The van der Waals surface area contributed by atoms with Crippen molar-refractivity contribution in [3.05, 3.63) is 70.1 Å². The Hall–Kier alpha value is -4.01. The van der Waals surface area contributed by atoms with Gasteiger partial charge in [0.1, 0.15) is 17.4 Å². The Balaban J connectivity index is 0.00000141. The van der Waals surface area contributed by atoms with E-state index in [0.717, 1.165) is 28.1 Å². The van der Waals surface area contributed by atoms with E-state index in [-0.39, 0.29) is 6.10 Å². The molecule has 4 heterocycles. The van der Waals surface area contributed by atoms with E-state index in [4.69, 9.17) is 21.4 Å². The molecule has 178 valence electrons. The van der Waals surface area contributed by atoms with Gasteiger partial charge in [-0.15, -0.1) is 0 Å². The Morgan fingerprint density at radius 1 is 1.17 bits per heavy atom. The molecule has 0 N–H and O–H groups in total. The van der Waals surface area contributed by atoms with Crippen molar-refractivity contribution in [3.63, 3.8) is 0 Å². The van der Waals surface area contributed by atoms with Gasteiger partial charge in [0.25, 0.3) is 0 Å². The lowest BCUT2D eigenvalue weighted by molar-refractivity contribution is 0.228. The van der Waals surface area contributed by atoms with E-state index >= 15 is 0 Å². The predicted octanol–water partition coefficient (Wildman–Crippen LogP) is 5.49. The molecule has 0 saturated carbocycles. The number of rotatable bonds is 4. The fraction of sp³-hybridized carbons (Fsp3) is 0.308. The van der Waals surface area contributed by atoms with E-state index < -0.39 is 0 Å². The number of hydrogen-bond donors (Lipinski definition) is 0. The summed E-state index contributed by atoms with van der Waals surface area (Å²) in [6.07, 6.45) is 5.30. The topological polar surface area (TPSA) is 95.2 Å². The first kappa shape index (κ1) is 24.1. The Labute approximate surface area is 209 Å². The highest BCUT2D eigenvalue weighted by Gasteiger charge is 2.24. The third-order valence-corrected chi connectivity index (χ3v) is 6.29. The van der Waals surface area contributed by atoms with E-state index in [9.17, 15) is 10.5 Å². The van der Waals surface area contributed by atoms with Crippen molar-refractivity contribution < 1.29 is 4.74 Å². The summed E-state index contributed by atoms with van der Waals surface area (Å²) < 4.78 is 10.0. The number of benzene rings is 1. The number of aromatic nitrogens is 4. The van der Waals surface area contributed by atoms with Gasteiger partial charge < -0.3 is 9.64 Å². The molecule has 0 fully saturated rings. The molecule has 0 bridgehead atoms. The molecular formula is C26H26ClN7O. The molecule has 8 nitrogen and oxygen atoms in total. The van der Waals surface area contributed by atoms with Crippen LogP contribution in [0.4, 0.5) is 0 Å². The number of nitriles is 2. The number of halogens is 1. The third-order valence-electron chi connectivity index (χ3n) is 6.01. The van der Waals surface area contributed by atoms with Crippen LogP contribution in [0.2, 0.25) is 5.02 Å². The Morgan fingerprint density at radius 2 is 1.94 bits per heavy atom. The highest BCUT2D eigenvalue weighted by atomic mass is 35.5. The molecule has 1 aliphatic rings. The summed E-state index contributed by atoms with van der Waals surface area (Å²) in [5, 5.41) is 28.4. The van der Waals surface area contributed by atoms with Gasteiger partial charge in [-0.05, 0) is 26.0 Å². The second-order valence-electron chi connectivity index (χ2n) is 8.00. The van der Waals surface area contributed by atoms with E-state index in [0.29, 0.717) is 41.5 Å². The van der Waals surface area contributed by atoms with Crippen molar-refractivity contribution >= 4 is 17.1 Å². The number of hydrogen-bond acceptors (Lipinski definition) is 6. The fourth-order valence-electron chi connectivity index (χ4n) is 4.28. The van der Waals surface area contributed by atoms with Crippen LogP contribution in [0, 0.1) is 29.7 Å².